The highest BCUT2D eigenvalue weighted by Gasteiger charge is 2.29. The van der Waals surface area contributed by atoms with Crippen LogP contribution in [0.3, 0.4) is 0 Å². The molecule has 1 aliphatic rings. The lowest BCUT2D eigenvalue weighted by molar-refractivity contribution is -0.127. The quantitative estimate of drug-likeness (QED) is 0.496. The van der Waals surface area contributed by atoms with Gasteiger partial charge in [0.15, 0.2) is 0 Å². The Kier molecular flexibility index (Phi) is 6.50. The largest absolute Gasteiger partial charge is 0.465 e. The fraction of sp³-hybridized carbons (Fsp3) is 0.412. The third kappa shape index (κ3) is 5.59. The first kappa shape index (κ1) is 18.4. The molecule has 0 aliphatic carbocycles. The normalized spacial score (nSPS) is 18.7. The maximum Gasteiger partial charge on any atom is 0.405 e. The molecular weight excluding hydrogens is 326 g/mol. The van der Waals surface area contributed by atoms with Crippen LogP contribution >= 0.6 is 0 Å². The topological polar surface area (TPSA) is 125 Å². The standard InChI is InChI=1S/C17H21N3O5/c21-10-13(9-12-6-7-18-15(12)22)19-16(23)14(20-17(24)25)8-11-4-2-1-3-5-11/h1-5,10,12-14,20H,6-9H2,(H,18,22)(H,19,23)(H,24,25)/t12-,13-,14-/m0/s1. The number of carbonyl (C=O) groups excluding carboxylic acids is 3. The molecule has 0 unspecified atom stereocenters. The van der Waals surface area contributed by atoms with Gasteiger partial charge in [-0.1, -0.05) is 30.3 Å². The van der Waals surface area contributed by atoms with Gasteiger partial charge in [-0.3, -0.25) is 9.59 Å². The van der Waals surface area contributed by atoms with E-state index in [1.807, 2.05) is 6.07 Å². The summed E-state index contributed by atoms with van der Waals surface area (Å²) in [6, 6.07) is 7.09. The van der Waals surface area contributed by atoms with Crippen molar-refractivity contribution in [2.75, 3.05) is 6.54 Å². The summed E-state index contributed by atoms with van der Waals surface area (Å²) in [6.07, 6.45) is 0.221. The number of hydrogen-bond acceptors (Lipinski definition) is 4. The Morgan fingerprint density at radius 3 is 2.56 bits per heavy atom. The van der Waals surface area contributed by atoms with Gasteiger partial charge in [-0.15, -0.1) is 0 Å². The molecule has 3 amide bonds. The zero-order chi connectivity index (χ0) is 18.2. The fourth-order valence-corrected chi connectivity index (χ4v) is 2.82. The van der Waals surface area contributed by atoms with Gasteiger partial charge >= 0.3 is 6.09 Å². The Hall–Kier alpha value is -2.90. The predicted octanol–water partition coefficient (Wildman–Crippen LogP) is 0.0752. The fourth-order valence-electron chi connectivity index (χ4n) is 2.82. The number of carbonyl (C=O) groups is 4. The second-order valence-electron chi connectivity index (χ2n) is 5.96. The third-order valence-electron chi connectivity index (χ3n) is 4.09. The van der Waals surface area contributed by atoms with Gasteiger partial charge in [0.1, 0.15) is 12.3 Å². The van der Waals surface area contributed by atoms with Crippen molar-refractivity contribution in [1.82, 2.24) is 16.0 Å². The molecule has 1 fully saturated rings. The van der Waals surface area contributed by atoms with Crippen LogP contribution in [-0.4, -0.2) is 47.9 Å². The average Bonchev–Trinajstić information content (AvgIpc) is 2.99. The van der Waals surface area contributed by atoms with E-state index in [0.717, 1.165) is 5.56 Å². The van der Waals surface area contributed by atoms with E-state index in [1.54, 1.807) is 24.3 Å². The molecule has 1 aliphatic heterocycles. The summed E-state index contributed by atoms with van der Waals surface area (Å²) in [5.41, 5.74) is 0.786. The predicted molar refractivity (Wildman–Crippen MR) is 88.8 cm³/mol. The molecule has 25 heavy (non-hydrogen) atoms. The minimum absolute atomic E-state index is 0.134. The molecule has 0 radical (unpaired) electrons. The first-order valence-corrected chi connectivity index (χ1v) is 8.06. The van der Waals surface area contributed by atoms with Crippen molar-refractivity contribution in [3.05, 3.63) is 35.9 Å². The van der Waals surface area contributed by atoms with Crippen LogP contribution in [0.1, 0.15) is 18.4 Å². The van der Waals surface area contributed by atoms with Crippen molar-refractivity contribution in [3.63, 3.8) is 0 Å². The highest BCUT2D eigenvalue weighted by molar-refractivity contribution is 5.88. The summed E-state index contributed by atoms with van der Waals surface area (Å²) in [4.78, 5) is 46.2. The maximum atomic E-state index is 12.4. The number of amides is 3. The number of hydrogen-bond donors (Lipinski definition) is 4. The van der Waals surface area contributed by atoms with Crippen molar-refractivity contribution in [1.29, 1.82) is 0 Å². The lowest BCUT2D eigenvalue weighted by Gasteiger charge is -2.21. The molecule has 1 aromatic carbocycles. The zero-order valence-corrected chi connectivity index (χ0v) is 13.6. The average molecular weight is 347 g/mol. The summed E-state index contributed by atoms with van der Waals surface area (Å²) >= 11 is 0. The van der Waals surface area contributed by atoms with Crippen molar-refractivity contribution < 1.29 is 24.3 Å². The first-order valence-electron chi connectivity index (χ1n) is 8.06. The Labute approximate surface area is 145 Å². The van der Waals surface area contributed by atoms with Crippen LogP contribution in [0, 0.1) is 5.92 Å². The Morgan fingerprint density at radius 1 is 1.28 bits per heavy atom. The second-order valence-corrected chi connectivity index (χ2v) is 5.96. The number of benzene rings is 1. The molecule has 0 aromatic heterocycles. The van der Waals surface area contributed by atoms with E-state index in [4.69, 9.17) is 5.11 Å². The SMILES string of the molecule is O=C[C@H](C[C@@H]1CCNC1=O)NC(=O)[C@H](Cc1ccccc1)NC(=O)O. The smallest absolute Gasteiger partial charge is 0.405 e. The molecule has 4 N–H and O–H groups in total. The minimum atomic E-state index is -1.33. The summed E-state index contributed by atoms with van der Waals surface area (Å²) in [6.45, 7) is 0.556. The van der Waals surface area contributed by atoms with E-state index in [9.17, 15) is 19.2 Å². The molecule has 0 bridgehead atoms. The number of rotatable bonds is 8. The van der Waals surface area contributed by atoms with Crippen molar-refractivity contribution in [3.8, 4) is 0 Å². The third-order valence-corrected chi connectivity index (χ3v) is 4.09. The Bertz CT molecular complexity index is 634. The lowest BCUT2D eigenvalue weighted by atomic mass is 9.98. The van der Waals surface area contributed by atoms with Gasteiger partial charge in [-0.2, -0.15) is 0 Å². The lowest BCUT2D eigenvalue weighted by Crippen LogP contribution is -2.51. The summed E-state index contributed by atoms with van der Waals surface area (Å²) < 4.78 is 0. The highest BCUT2D eigenvalue weighted by Crippen LogP contribution is 2.15. The van der Waals surface area contributed by atoms with Crippen molar-refractivity contribution in [2.45, 2.75) is 31.3 Å². The molecule has 1 aromatic rings. The number of nitrogens with one attached hydrogen (secondary N) is 3. The van der Waals surface area contributed by atoms with Crippen LogP contribution < -0.4 is 16.0 Å². The molecule has 1 heterocycles. The van der Waals surface area contributed by atoms with E-state index >= 15 is 0 Å². The molecular formula is C17H21N3O5. The number of carboxylic acid groups (broad SMARTS) is 1. The summed E-state index contributed by atoms with van der Waals surface area (Å²) in [5, 5.41) is 16.3. The Morgan fingerprint density at radius 2 is 2.00 bits per heavy atom. The van der Waals surface area contributed by atoms with Crippen LogP contribution in [0.5, 0.6) is 0 Å². The van der Waals surface area contributed by atoms with E-state index in [1.165, 1.54) is 0 Å². The van der Waals surface area contributed by atoms with Crippen molar-refractivity contribution >= 4 is 24.2 Å². The van der Waals surface area contributed by atoms with E-state index in [0.29, 0.717) is 19.3 Å². The van der Waals surface area contributed by atoms with Gasteiger partial charge in [0.05, 0.1) is 6.04 Å². The maximum absolute atomic E-state index is 12.4. The first-order chi connectivity index (χ1) is 12.0. The molecule has 0 spiro atoms. The highest BCUT2D eigenvalue weighted by atomic mass is 16.4. The van der Waals surface area contributed by atoms with E-state index in [2.05, 4.69) is 16.0 Å². The molecule has 2 rings (SSSR count). The van der Waals surface area contributed by atoms with Gasteiger partial charge in [-0.05, 0) is 18.4 Å². The van der Waals surface area contributed by atoms with E-state index < -0.39 is 24.1 Å². The van der Waals surface area contributed by atoms with Crippen LogP contribution in [-0.2, 0) is 20.8 Å². The van der Waals surface area contributed by atoms with E-state index in [-0.39, 0.29) is 24.7 Å². The van der Waals surface area contributed by atoms with Gasteiger partial charge in [-0.25, -0.2) is 4.79 Å². The molecule has 0 saturated carbocycles. The van der Waals surface area contributed by atoms with Crippen LogP contribution in [0.2, 0.25) is 0 Å². The van der Waals surface area contributed by atoms with Crippen LogP contribution in [0.25, 0.3) is 0 Å². The monoisotopic (exact) mass is 347 g/mol. The zero-order valence-electron chi connectivity index (χ0n) is 13.6. The molecule has 8 nitrogen and oxygen atoms in total. The van der Waals surface area contributed by atoms with Gasteiger partial charge in [0.25, 0.3) is 0 Å². The van der Waals surface area contributed by atoms with Crippen LogP contribution in [0.15, 0.2) is 30.3 Å². The summed E-state index contributed by atoms with van der Waals surface area (Å²) in [7, 11) is 0. The van der Waals surface area contributed by atoms with Crippen molar-refractivity contribution in [2.24, 2.45) is 5.92 Å². The summed E-state index contributed by atoms with van der Waals surface area (Å²) in [5.74, 6) is -1.05. The molecule has 8 heteroatoms. The molecule has 3 atom stereocenters. The number of aldehydes is 1. The molecule has 134 valence electrons. The second kappa shape index (κ2) is 8.81. The van der Waals surface area contributed by atoms with Gasteiger partial charge in [0, 0.05) is 18.9 Å². The molecule has 1 saturated heterocycles. The minimum Gasteiger partial charge on any atom is -0.465 e. The van der Waals surface area contributed by atoms with Crippen LogP contribution in [0.4, 0.5) is 4.79 Å². The van der Waals surface area contributed by atoms with Gasteiger partial charge < -0.3 is 25.9 Å². The van der Waals surface area contributed by atoms with Gasteiger partial charge in [0.2, 0.25) is 11.8 Å². The Balaban J connectivity index is 2.00.